The van der Waals surface area contributed by atoms with Gasteiger partial charge >= 0.3 is 0 Å². The predicted octanol–water partition coefficient (Wildman–Crippen LogP) is 4.05. The maximum Gasteiger partial charge on any atom is 0.230 e. The van der Waals surface area contributed by atoms with Crippen molar-refractivity contribution in [3.63, 3.8) is 0 Å². The number of rotatable bonds is 7. The van der Waals surface area contributed by atoms with E-state index in [1.165, 1.54) is 19.3 Å². The highest BCUT2D eigenvalue weighted by Gasteiger charge is 2.25. The van der Waals surface area contributed by atoms with Crippen LogP contribution in [0.4, 0.5) is 0 Å². The summed E-state index contributed by atoms with van der Waals surface area (Å²) in [6.45, 7) is 7.26. The van der Waals surface area contributed by atoms with Crippen molar-refractivity contribution in [2.24, 2.45) is 0 Å². The fourth-order valence-electron chi connectivity index (χ4n) is 3.46. The molecule has 0 bridgehead atoms. The van der Waals surface area contributed by atoms with Gasteiger partial charge in [-0.15, -0.1) is 0 Å². The molecule has 1 aromatic carbocycles. The second kappa shape index (κ2) is 8.50. The van der Waals surface area contributed by atoms with Gasteiger partial charge in [0.2, 0.25) is 5.89 Å². The zero-order chi connectivity index (χ0) is 17.6. The van der Waals surface area contributed by atoms with Crippen LogP contribution in [-0.4, -0.2) is 42.8 Å². The van der Waals surface area contributed by atoms with Gasteiger partial charge < -0.3 is 13.9 Å². The quantitative estimate of drug-likeness (QED) is 0.758. The normalized spacial score (nSPS) is 18.4. The molecule has 1 aliphatic rings. The number of hydrogen-bond acceptors (Lipinski definition) is 5. The van der Waals surface area contributed by atoms with E-state index in [0.717, 1.165) is 42.5 Å². The van der Waals surface area contributed by atoms with Crippen LogP contribution >= 0.6 is 0 Å². The van der Waals surface area contributed by atoms with Crippen molar-refractivity contribution in [3.8, 4) is 17.2 Å². The molecule has 1 atom stereocenters. The van der Waals surface area contributed by atoms with E-state index in [9.17, 15) is 0 Å². The Morgan fingerprint density at radius 1 is 1.28 bits per heavy atom. The number of likely N-dealkylation sites (tertiary alicyclic amines) is 1. The van der Waals surface area contributed by atoms with E-state index in [-0.39, 0.29) is 0 Å². The highest BCUT2D eigenvalue weighted by Crippen LogP contribution is 2.31. The SMILES string of the molecule is CCOc1ccccc1-c1nc(CN2CCCCC2COC)c(C)o1. The molecule has 3 rings (SSSR count). The Labute approximate surface area is 149 Å². The van der Waals surface area contributed by atoms with Crippen LogP contribution in [-0.2, 0) is 11.3 Å². The third kappa shape index (κ3) is 4.22. The Bertz CT molecular complexity index is 681. The number of ether oxygens (including phenoxy) is 2. The van der Waals surface area contributed by atoms with Crippen molar-refractivity contribution >= 4 is 0 Å². The molecule has 136 valence electrons. The van der Waals surface area contributed by atoms with Crippen LogP contribution in [0.1, 0.15) is 37.6 Å². The van der Waals surface area contributed by atoms with Gasteiger partial charge in [-0.05, 0) is 45.4 Å². The zero-order valence-corrected chi connectivity index (χ0v) is 15.5. The van der Waals surface area contributed by atoms with Crippen molar-refractivity contribution in [1.82, 2.24) is 9.88 Å². The van der Waals surface area contributed by atoms with Crippen molar-refractivity contribution < 1.29 is 13.9 Å². The van der Waals surface area contributed by atoms with Crippen LogP contribution in [0.25, 0.3) is 11.5 Å². The van der Waals surface area contributed by atoms with Crippen molar-refractivity contribution in [2.45, 2.75) is 45.7 Å². The van der Waals surface area contributed by atoms with Crippen LogP contribution in [0.15, 0.2) is 28.7 Å². The second-order valence-corrected chi connectivity index (χ2v) is 6.53. The van der Waals surface area contributed by atoms with E-state index in [1.807, 2.05) is 38.1 Å². The molecule has 0 amide bonds. The summed E-state index contributed by atoms with van der Waals surface area (Å²) in [6.07, 6.45) is 3.69. The van der Waals surface area contributed by atoms with Gasteiger partial charge in [-0.3, -0.25) is 4.90 Å². The molecule has 5 nitrogen and oxygen atoms in total. The third-order valence-corrected chi connectivity index (χ3v) is 4.77. The van der Waals surface area contributed by atoms with E-state index >= 15 is 0 Å². The lowest BCUT2D eigenvalue weighted by molar-refractivity contribution is 0.0590. The Hall–Kier alpha value is -1.85. The summed E-state index contributed by atoms with van der Waals surface area (Å²) >= 11 is 0. The van der Waals surface area contributed by atoms with Crippen molar-refractivity contribution in [1.29, 1.82) is 0 Å². The smallest absolute Gasteiger partial charge is 0.230 e. The van der Waals surface area contributed by atoms with Gasteiger partial charge in [0, 0.05) is 19.7 Å². The molecule has 1 aliphatic heterocycles. The monoisotopic (exact) mass is 344 g/mol. The van der Waals surface area contributed by atoms with Crippen LogP contribution < -0.4 is 4.74 Å². The summed E-state index contributed by atoms with van der Waals surface area (Å²) < 4.78 is 17.1. The number of nitrogens with zero attached hydrogens (tertiary/aromatic N) is 2. The highest BCUT2D eigenvalue weighted by atomic mass is 16.5. The molecule has 0 radical (unpaired) electrons. The van der Waals surface area contributed by atoms with Crippen LogP contribution in [0.2, 0.25) is 0 Å². The van der Waals surface area contributed by atoms with Crippen molar-refractivity contribution in [2.75, 3.05) is 26.9 Å². The molecular formula is C20H28N2O3. The molecule has 25 heavy (non-hydrogen) atoms. The number of aryl methyl sites for hydroxylation is 1. The van der Waals surface area contributed by atoms with E-state index < -0.39 is 0 Å². The Morgan fingerprint density at radius 2 is 2.12 bits per heavy atom. The molecule has 2 heterocycles. The molecule has 2 aromatic rings. The number of oxazole rings is 1. The van der Waals surface area contributed by atoms with E-state index in [4.69, 9.17) is 18.9 Å². The van der Waals surface area contributed by atoms with E-state index in [2.05, 4.69) is 4.90 Å². The number of aromatic nitrogens is 1. The second-order valence-electron chi connectivity index (χ2n) is 6.53. The maximum atomic E-state index is 5.98. The van der Waals surface area contributed by atoms with Crippen LogP contribution in [0.5, 0.6) is 5.75 Å². The largest absolute Gasteiger partial charge is 0.493 e. The summed E-state index contributed by atoms with van der Waals surface area (Å²) in [4.78, 5) is 7.25. The number of methoxy groups -OCH3 is 1. The average Bonchev–Trinajstić information content (AvgIpc) is 2.98. The molecule has 1 saturated heterocycles. The summed E-state index contributed by atoms with van der Waals surface area (Å²) in [5, 5.41) is 0. The Morgan fingerprint density at radius 3 is 2.92 bits per heavy atom. The summed E-state index contributed by atoms with van der Waals surface area (Å²) in [5.41, 5.74) is 1.91. The van der Waals surface area contributed by atoms with Gasteiger partial charge in [0.15, 0.2) is 0 Å². The first kappa shape index (κ1) is 18.0. The molecular weight excluding hydrogens is 316 g/mol. The van der Waals surface area contributed by atoms with E-state index in [1.54, 1.807) is 7.11 Å². The number of para-hydroxylation sites is 1. The lowest BCUT2D eigenvalue weighted by Crippen LogP contribution is -2.41. The van der Waals surface area contributed by atoms with Crippen molar-refractivity contribution in [3.05, 3.63) is 35.7 Å². The molecule has 0 aliphatic carbocycles. The Balaban J connectivity index is 1.81. The lowest BCUT2D eigenvalue weighted by atomic mass is 10.0. The topological polar surface area (TPSA) is 47.7 Å². The molecule has 0 N–H and O–H groups in total. The minimum absolute atomic E-state index is 0.467. The Kier molecular flexibility index (Phi) is 6.10. The fraction of sp³-hybridized carbons (Fsp3) is 0.550. The first-order valence-corrected chi connectivity index (χ1v) is 9.14. The molecule has 1 unspecified atom stereocenters. The summed E-state index contributed by atoms with van der Waals surface area (Å²) in [6, 6.07) is 8.37. The van der Waals surface area contributed by atoms with Gasteiger partial charge in [-0.2, -0.15) is 0 Å². The molecule has 1 fully saturated rings. The highest BCUT2D eigenvalue weighted by molar-refractivity contribution is 5.63. The van der Waals surface area contributed by atoms with Gasteiger partial charge in [-0.1, -0.05) is 18.6 Å². The van der Waals surface area contributed by atoms with Gasteiger partial charge in [-0.25, -0.2) is 4.98 Å². The number of piperidine rings is 1. The fourth-order valence-corrected chi connectivity index (χ4v) is 3.46. The minimum Gasteiger partial charge on any atom is -0.493 e. The molecule has 1 aromatic heterocycles. The van der Waals surface area contributed by atoms with Gasteiger partial charge in [0.1, 0.15) is 11.5 Å². The van der Waals surface area contributed by atoms with Gasteiger partial charge in [0.25, 0.3) is 0 Å². The molecule has 0 saturated carbocycles. The molecule has 5 heteroatoms. The summed E-state index contributed by atoms with van der Waals surface area (Å²) in [7, 11) is 1.77. The van der Waals surface area contributed by atoms with Crippen LogP contribution in [0, 0.1) is 6.92 Å². The predicted molar refractivity (Wildman–Crippen MR) is 97.8 cm³/mol. The summed E-state index contributed by atoms with van der Waals surface area (Å²) in [5.74, 6) is 2.33. The lowest BCUT2D eigenvalue weighted by Gasteiger charge is -2.34. The minimum atomic E-state index is 0.467. The molecule has 0 spiro atoms. The average molecular weight is 344 g/mol. The number of hydrogen-bond donors (Lipinski definition) is 0. The third-order valence-electron chi connectivity index (χ3n) is 4.77. The maximum absolute atomic E-state index is 5.98. The standard InChI is InChI=1S/C20H28N2O3/c1-4-24-19-11-6-5-10-17(19)20-21-18(15(2)25-20)13-22-12-8-7-9-16(22)14-23-3/h5-6,10-11,16H,4,7-9,12-14H2,1-3H3. The van der Waals surface area contributed by atoms with E-state index in [0.29, 0.717) is 18.5 Å². The first-order valence-electron chi connectivity index (χ1n) is 9.14. The first-order chi connectivity index (χ1) is 12.2. The zero-order valence-electron chi connectivity index (χ0n) is 15.5. The van der Waals surface area contributed by atoms with Gasteiger partial charge in [0.05, 0.1) is 24.5 Å². The van der Waals surface area contributed by atoms with Crippen LogP contribution in [0.3, 0.4) is 0 Å². The number of benzene rings is 1.